The third kappa shape index (κ3) is 3.56. The molecule has 0 spiro atoms. The summed E-state index contributed by atoms with van der Waals surface area (Å²) in [4.78, 5) is 12.8. The number of ketones is 1. The van der Waals surface area contributed by atoms with Gasteiger partial charge in [-0.15, -0.1) is 0 Å². The van der Waals surface area contributed by atoms with Crippen LogP contribution in [0.5, 0.6) is 5.75 Å². The Morgan fingerprint density at radius 2 is 1.50 bits per heavy atom. The minimum absolute atomic E-state index is 0.0883. The van der Waals surface area contributed by atoms with Crippen LogP contribution in [0.1, 0.15) is 60.5 Å². The monoisotopic (exact) mass is 296 g/mol. The Morgan fingerprint density at radius 1 is 0.955 bits per heavy atom. The Hall–Kier alpha value is -2.09. The molecule has 2 nitrogen and oxygen atoms in total. The SMILES string of the molecule is CCC(C(=O)c1ccc(OC)cc1)c1ccc(C(C)C)cc1. The van der Waals surface area contributed by atoms with Crippen molar-refractivity contribution in [1.29, 1.82) is 0 Å². The van der Waals surface area contributed by atoms with Gasteiger partial charge in [0.2, 0.25) is 0 Å². The molecule has 116 valence electrons. The first kappa shape index (κ1) is 16.3. The van der Waals surface area contributed by atoms with Gasteiger partial charge >= 0.3 is 0 Å². The van der Waals surface area contributed by atoms with E-state index in [1.54, 1.807) is 7.11 Å². The molecule has 0 bridgehead atoms. The highest BCUT2D eigenvalue weighted by molar-refractivity contribution is 6.01. The lowest BCUT2D eigenvalue weighted by atomic mass is 9.87. The van der Waals surface area contributed by atoms with Crippen LogP contribution in [0.25, 0.3) is 0 Å². The summed E-state index contributed by atoms with van der Waals surface area (Å²) in [5.41, 5.74) is 3.13. The standard InChI is InChI=1S/C20H24O2/c1-5-19(16-8-6-15(7-9-16)14(2)3)20(21)17-10-12-18(22-4)13-11-17/h6-14,19H,5H2,1-4H3. The summed E-state index contributed by atoms with van der Waals surface area (Å²) >= 11 is 0. The van der Waals surface area contributed by atoms with Crippen LogP contribution in [0.3, 0.4) is 0 Å². The van der Waals surface area contributed by atoms with Crippen LogP contribution in [-0.4, -0.2) is 12.9 Å². The number of hydrogen-bond acceptors (Lipinski definition) is 2. The fourth-order valence-electron chi connectivity index (χ4n) is 2.64. The number of benzene rings is 2. The van der Waals surface area contributed by atoms with Crippen molar-refractivity contribution in [1.82, 2.24) is 0 Å². The van der Waals surface area contributed by atoms with Crippen molar-refractivity contribution >= 4 is 5.78 Å². The maximum Gasteiger partial charge on any atom is 0.170 e. The van der Waals surface area contributed by atoms with E-state index in [0.29, 0.717) is 5.92 Å². The van der Waals surface area contributed by atoms with E-state index in [4.69, 9.17) is 4.74 Å². The average Bonchev–Trinajstić information content (AvgIpc) is 2.56. The number of hydrogen-bond donors (Lipinski definition) is 0. The van der Waals surface area contributed by atoms with Crippen LogP contribution in [0.2, 0.25) is 0 Å². The second-order valence-electron chi connectivity index (χ2n) is 5.87. The van der Waals surface area contributed by atoms with Gasteiger partial charge in [-0.3, -0.25) is 4.79 Å². The second-order valence-corrected chi connectivity index (χ2v) is 5.87. The summed E-state index contributed by atoms with van der Waals surface area (Å²) in [7, 11) is 1.63. The van der Waals surface area contributed by atoms with Gasteiger partial charge in [0.1, 0.15) is 5.75 Å². The summed E-state index contributed by atoms with van der Waals surface area (Å²) in [6, 6.07) is 15.8. The Bertz CT molecular complexity index is 609. The van der Waals surface area contributed by atoms with Gasteiger partial charge < -0.3 is 4.74 Å². The van der Waals surface area contributed by atoms with Gasteiger partial charge in [0.25, 0.3) is 0 Å². The second kappa shape index (κ2) is 7.26. The van der Waals surface area contributed by atoms with Crippen LogP contribution >= 0.6 is 0 Å². The van der Waals surface area contributed by atoms with Crippen molar-refractivity contribution in [2.24, 2.45) is 0 Å². The number of ether oxygens (including phenoxy) is 1. The van der Waals surface area contributed by atoms with Crippen LogP contribution in [-0.2, 0) is 0 Å². The van der Waals surface area contributed by atoms with E-state index in [-0.39, 0.29) is 11.7 Å². The zero-order chi connectivity index (χ0) is 16.1. The Morgan fingerprint density at radius 3 is 1.95 bits per heavy atom. The summed E-state index contributed by atoms with van der Waals surface area (Å²) in [6.45, 7) is 6.41. The molecule has 0 saturated carbocycles. The third-order valence-corrected chi connectivity index (χ3v) is 4.10. The molecular weight excluding hydrogens is 272 g/mol. The Balaban J connectivity index is 2.24. The van der Waals surface area contributed by atoms with Crippen molar-refractivity contribution in [2.45, 2.75) is 39.0 Å². The van der Waals surface area contributed by atoms with E-state index in [0.717, 1.165) is 23.3 Å². The molecule has 0 amide bonds. The minimum atomic E-state index is -0.0883. The number of methoxy groups -OCH3 is 1. The summed E-state index contributed by atoms with van der Waals surface area (Å²) in [5, 5.41) is 0. The zero-order valence-corrected chi connectivity index (χ0v) is 13.8. The van der Waals surface area contributed by atoms with E-state index >= 15 is 0 Å². The molecule has 0 aliphatic carbocycles. The predicted molar refractivity (Wildman–Crippen MR) is 90.9 cm³/mol. The predicted octanol–water partition coefficient (Wildman–Crippen LogP) is 5.20. The van der Waals surface area contributed by atoms with Crippen molar-refractivity contribution in [3.05, 3.63) is 65.2 Å². The van der Waals surface area contributed by atoms with E-state index in [1.807, 2.05) is 24.3 Å². The first-order valence-electron chi connectivity index (χ1n) is 7.85. The summed E-state index contributed by atoms with van der Waals surface area (Å²) in [5.74, 6) is 1.36. The van der Waals surface area contributed by atoms with Crippen LogP contribution in [0.15, 0.2) is 48.5 Å². The molecule has 0 N–H and O–H groups in total. The van der Waals surface area contributed by atoms with Gasteiger partial charge in [-0.25, -0.2) is 0 Å². The molecule has 2 aromatic rings. The van der Waals surface area contributed by atoms with Crippen LogP contribution in [0.4, 0.5) is 0 Å². The minimum Gasteiger partial charge on any atom is -0.497 e. The largest absolute Gasteiger partial charge is 0.497 e. The molecule has 2 heteroatoms. The molecule has 0 aliphatic heterocycles. The fourth-order valence-corrected chi connectivity index (χ4v) is 2.64. The molecule has 0 heterocycles. The quantitative estimate of drug-likeness (QED) is 0.685. The van der Waals surface area contributed by atoms with Gasteiger partial charge in [-0.2, -0.15) is 0 Å². The van der Waals surface area contributed by atoms with Crippen molar-refractivity contribution in [3.8, 4) is 5.75 Å². The number of rotatable bonds is 6. The van der Waals surface area contributed by atoms with Crippen LogP contribution in [0, 0.1) is 0 Å². The van der Waals surface area contributed by atoms with E-state index in [9.17, 15) is 4.79 Å². The molecule has 0 fully saturated rings. The first-order chi connectivity index (χ1) is 10.6. The zero-order valence-electron chi connectivity index (χ0n) is 13.8. The smallest absolute Gasteiger partial charge is 0.170 e. The van der Waals surface area contributed by atoms with Gasteiger partial charge in [0.05, 0.1) is 7.11 Å². The van der Waals surface area contributed by atoms with Gasteiger partial charge in [0, 0.05) is 11.5 Å². The average molecular weight is 296 g/mol. The summed E-state index contributed by atoms with van der Waals surface area (Å²) < 4.78 is 5.14. The molecule has 22 heavy (non-hydrogen) atoms. The molecule has 2 aromatic carbocycles. The molecular formula is C20H24O2. The highest BCUT2D eigenvalue weighted by Gasteiger charge is 2.20. The van der Waals surface area contributed by atoms with Crippen molar-refractivity contribution in [3.63, 3.8) is 0 Å². The lowest BCUT2D eigenvalue weighted by Gasteiger charge is -2.16. The van der Waals surface area contributed by atoms with E-state index in [1.165, 1.54) is 5.56 Å². The topological polar surface area (TPSA) is 26.3 Å². The molecule has 1 atom stereocenters. The molecule has 2 rings (SSSR count). The lowest BCUT2D eigenvalue weighted by molar-refractivity contribution is 0.0957. The Kier molecular flexibility index (Phi) is 5.37. The van der Waals surface area contributed by atoms with Crippen LogP contribution < -0.4 is 4.74 Å². The first-order valence-corrected chi connectivity index (χ1v) is 7.85. The summed E-state index contributed by atoms with van der Waals surface area (Å²) in [6.07, 6.45) is 0.798. The molecule has 0 saturated heterocycles. The van der Waals surface area contributed by atoms with E-state index < -0.39 is 0 Å². The van der Waals surface area contributed by atoms with Crippen molar-refractivity contribution in [2.75, 3.05) is 7.11 Å². The fraction of sp³-hybridized carbons (Fsp3) is 0.350. The van der Waals surface area contributed by atoms with Gasteiger partial charge in [-0.05, 0) is 47.7 Å². The third-order valence-electron chi connectivity index (χ3n) is 4.10. The highest BCUT2D eigenvalue weighted by atomic mass is 16.5. The normalized spacial score (nSPS) is 12.2. The molecule has 0 aliphatic rings. The van der Waals surface area contributed by atoms with Crippen molar-refractivity contribution < 1.29 is 9.53 Å². The molecule has 0 radical (unpaired) electrons. The van der Waals surface area contributed by atoms with E-state index in [2.05, 4.69) is 45.0 Å². The number of carbonyl (C=O) groups excluding carboxylic acids is 1. The Labute approximate surface area is 133 Å². The maximum atomic E-state index is 12.8. The van der Waals surface area contributed by atoms with Gasteiger partial charge in [-0.1, -0.05) is 45.0 Å². The number of carbonyl (C=O) groups is 1. The molecule has 1 unspecified atom stereocenters. The molecule has 0 aromatic heterocycles. The highest BCUT2D eigenvalue weighted by Crippen LogP contribution is 2.26. The maximum absolute atomic E-state index is 12.8. The lowest BCUT2D eigenvalue weighted by Crippen LogP contribution is -2.12. The number of Topliss-reactive ketones (excluding diaryl/α,β-unsaturated/α-hetero) is 1. The van der Waals surface area contributed by atoms with Gasteiger partial charge in [0.15, 0.2) is 5.78 Å².